The molecular formula is C14H28N4O2S. The second kappa shape index (κ2) is 6.62. The lowest BCUT2D eigenvalue weighted by atomic mass is 9.77. The molecule has 1 aliphatic carbocycles. The van der Waals surface area contributed by atoms with Crippen LogP contribution in [0.1, 0.15) is 58.3 Å². The number of rotatable bonds is 4. The van der Waals surface area contributed by atoms with E-state index in [1.54, 1.807) is 0 Å². The molecule has 0 spiro atoms. The average Bonchev–Trinajstić information content (AvgIpc) is 2.70. The van der Waals surface area contributed by atoms with Gasteiger partial charge in [0.1, 0.15) is 5.84 Å². The summed E-state index contributed by atoms with van der Waals surface area (Å²) in [4.78, 5) is 0. The van der Waals surface area contributed by atoms with Crippen LogP contribution in [-0.2, 0) is 10.2 Å². The van der Waals surface area contributed by atoms with Gasteiger partial charge in [0.25, 0.3) is 10.2 Å². The molecule has 4 N–H and O–H groups in total. The van der Waals surface area contributed by atoms with Crippen LogP contribution in [0.15, 0.2) is 0 Å². The van der Waals surface area contributed by atoms with Crippen molar-refractivity contribution in [1.29, 1.82) is 5.41 Å². The normalized spacial score (nSPS) is 32.5. The van der Waals surface area contributed by atoms with Crippen molar-refractivity contribution >= 4 is 16.0 Å². The summed E-state index contributed by atoms with van der Waals surface area (Å²) in [6.45, 7) is 3.30. The molecule has 7 heteroatoms. The Labute approximate surface area is 128 Å². The minimum absolute atomic E-state index is 0.0483. The number of nitrogens with one attached hydrogen (secondary N) is 2. The molecule has 122 valence electrons. The third-order valence-electron chi connectivity index (χ3n) is 4.87. The van der Waals surface area contributed by atoms with E-state index in [1.165, 1.54) is 4.31 Å². The molecule has 0 amide bonds. The monoisotopic (exact) mass is 316 g/mol. The lowest BCUT2D eigenvalue weighted by Gasteiger charge is -2.39. The van der Waals surface area contributed by atoms with E-state index >= 15 is 0 Å². The standard InChI is InChI=1S/C14H28N4O2S/c1-12-6-8-14(9-7-12,13(15)16)17-21(19,20)18-10-4-2-3-5-11-18/h12,17H,2-11H2,1H3,(H3,15,16). The van der Waals surface area contributed by atoms with Crippen molar-refractivity contribution in [2.75, 3.05) is 13.1 Å². The molecule has 0 aromatic heterocycles. The molecule has 1 saturated carbocycles. The Morgan fingerprint density at radius 2 is 1.71 bits per heavy atom. The highest BCUT2D eigenvalue weighted by atomic mass is 32.2. The summed E-state index contributed by atoms with van der Waals surface area (Å²) in [6.07, 6.45) is 7.04. The van der Waals surface area contributed by atoms with Gasteiger partial charge in [-0.1, -0.05) is 19.8 Å². The van der Waals surface area contributed by atoms with E-state index in [9.17, 15) is 8.42 Å². The highest BCUT2D eigenvalue weighted by molar-refractivity contribution is 7.87. The van der Waals surface area contributed by atoms with E-state index in [1.807, 2.05) is 0 Å². The molecule has 2 fully saturated rings. The summed E-state index contributed by atoms with van der Waals surface area (Å²) in [7, 11) is -3.56. The number of nitrogens with zero attached hydrogens (tertiary/aromatic N) is 1. The first-order valence-electron chi connectivity index (χ1n) is 7.99. The molecule has 0 aromatic carbocycles. The Morgan fingerprint density at radius 1 is 1.19 bits per heavy atom. The van der Waals surface area contributed by atoms with Gasteiger partial charge in [-0.3, -0.25) is 5.41 Å². The van der Waals surface area contributed by atoms with E-state index in [4.69, 9.17) is 11.1 Å². The molecule has 0 aromatic rings. The highest BCUT2D eigenvalue weighted by Gasteiger charge is 2.42. The van der Waals surface area contributed by atoms with Crippen LogP contribution in [0.4, 0.5) is 0 Å². The van der Waals surface area contributed by atoms with Crippen LogP contribution in [0, 0.1) is 11.3 Å². The second-order valence-corrected chi connectivity index (χ2v) is 8.27. The largest absolute Gasteiger partial charge is 0.386 e. The van der Waals surface area contributed by atoms with Gasteiger partial charge >= 0.3 is 0 Å². The first-order valence-corrected chi connectivity index (χ1v) is 9.43. The maximum absolute atomic E-state index is 12.7. The summed E-state index contributed by atoms with van der Waals surface area (Å²) in [5, 5.41) is 7.87. The van der Waals surface area contributed by atoms with E-state index in [2.05, 4.69) is 11.6 Å². The SMILES string of the molecule is CC1CCC(NS(=O)(=O)N2CCCCCC2)(C(=N)N)CC1. The lowest BCUT2D eigenvalue weighted by Crippen LogP contribution is -2.61. The Balaban J connectivity index is 2.13. The minimum Gasteiger partial charge on any atom is -0.386 e. The summed E-state index contributed by atoms with van der Waals surface area (Å²) in [5.41, 5.74) is 4.88. The molecule has 1 aliphatic heterocycles. The molecule has 0 radical (unpaired) electrons. The Bertz CT molecular complexity index is 461. The van der Waals surface area contributed by atoms with Gasteiger partial charge in [-0.05, 0) is 44.4 Å². The fourth-order valence-electron chi connectivity index (χ4n) is 3.27. The van der Waals surface area contributed by atoms with Crippen LogP contribution in [0.3, 0.4) is 0 Å². The lowest BCUT2D eigenvalue weighted by molar-refractivity contribution is 0.279. The van der Waals surface area contributed by atoms with Gasteiger partial charge in [-0.2, -0.15) is 17.4 Å². The average molecular weight is 316 g/mol. The van der Waals surface area contributed by atoms with Gasteiger partial charge < -0.3 is 5.73 Å². The topological polar surface area (TPSA) is 99.3 Å². The summed E-state index contributed by atoms with van der Waals surface area (Å²) in [6, 6.07) is 0. The van der Waals surface area contributed by atoms with Crippen molar-refractivity contribution in [3.63, 3.8) is 0 Å². The number of amidine groups is 1. The number of hydrogen-bond donors (Lipinski definition) is 3. The quantitative estimate of drug-likeness (QED) is 0.542. The molecule has 0 bridgehead atoms. The third kappa shape index (κ3) is 3.96. The van der Waals surface area contributed by atoms with Crippen molar-refractivity contribution in [1.82, 2.24) is 9.03 Å². The number of hydrogen-bond acceptors (Lipinski definition) is 3. The smallest absolute Gasteiger partial charge is 0.280 e. The first kappa shape index (κ1) is 16.7. The summed E-state index contributed by atoms with van der Waals surface area (Å²) < 4.78 is 29.6. The molecule has 2 rings (SSSR count). The van der Waals surface area contributed by atoms with Gasteiger partial charge in [0.15, 0.2) is 0 Å². The summed E-state index contributed by atoms with van der Waals surface area (Å²) >= 11 is 0. The van der Waals surface area contributed by atoms with Crippen LogP contribution in [0.2, 0.25) is 0 Å². The van der Waals surface area contributed by atoms with Gasteiger partial charge in [0.2, 0.25) is 0 Å². The molecule has 0 unspecified atom stereocenters. The first-order chi connectivity index (χ1) is 9.86. The molecule has 2 aliphatic rings. The molecule has 1 heterocycles. The van der Waals surface area contributed by atoms with Gasteiger partial charge in [-0.15, -0.1) is 0 Å². The Morgan fingerprint density at radius 3 is 2.19 bits per heavy atom. The van der Waals surface area contributed by atoms with E-state index in [-0.39, 0.29) is 5.84 Å². The van der Waals surface area contributed by atoms with Crippen LogP contribution in [0.25, 0.3) is 0 Å². The fourth-order valence-corrected chi connectivity index (χ4v) is 4.95. The minimum atomic E-state index is -3.56. The molecule has 0 atom stereocenters. The van der Waals surface area contributed by atoms with Crippen molar-refractivity contribution < 1.29 is 8.42 Å². The Kier molecular flexibility index (Phi) is 5.27. The molecule has 6 nitrogen and oxygen atoms in total. The van der Waals surface area contributed by atoms with Gasteiger partial charge in [0, 0.05) is 13.1 Å². The maximum atomic E-state index is 12.7. The number of nitrogens with two attached hydrogens (primary N) is 1. The molecular weight excluding hydrogens is 288 g/mol. The van der Waals surface area contributed by atoms with Crippen molar-refractivity contribution in [3.05, 3.63) is 0 Å². The predicted octanol–water partition coefficient (Wildman–Crippen LogP) is 1.58. The van der Waals surface area contributed by atoms with Gasteiger partial charge in [-0.25, -0.2) is 0 Å². The summed E-state index contributed by atoms with van der Waals surface area (Å²) in [5.74, 6) is 0.521. The zero-order valence-electron chi connectivity index (χ0n) is 12.9. The molecule has 21 heavy (non-hydrogen) atoms. The zero-order valence-corrected chi connectivity index (χ0v) is 13.7. The van der Waals surface area contributed by atoms with Crippen LogP contribution >= 0.6 is 0 Å². The Hall–Kier alpha value is -0.660. The maximum Gasteiger partial charge on any atom is 0.280 e. The zero-order chi connectivity index (χ0) is 15.5. The van der Waals surface area contributed by atoms with E-state index in [0.29, 0.717) is 31.8 Å². The van der Waals surface area contributed by atoms with Crippen molar-refractivity contribution in [2.24, 2.45) is 11.7 Å². The fraction of sp³-hybridized carbons (Fsp3) is 0.929. The van der Waals surface area contributed by atoms with E-state index in [0.717, 1.165) is 38.5 Å². The van der Waals surface area contributed by atoms with Crippen LogP contribution in [-0.4, -0.2) is 37.2 Å². The van der Waals surface area contributed by atoms with Crippen LogP contribution < -0.4 is 10.5 Å². The highest BCUT2D eigenvalue weighted by Crippen LogP contribution is 2.33. The van der Waals surface area contributed by atoms with Crippen molar-refractivity contribution in [2.45, 2.75) is 63.8 Å². The van der Waals surface area contributed by atoms with E-state index < -0.39 is 15.7 Å². The third-order valence-corrected chi connectivity index (χ3v) is 6.57. The van der Waals surface area contributed by atoms with Gasteiger partial charge in [0.05, 0.1) is 5.54 Å². The predicted molar refractivity (Wildman–Crippen MR) is 84.4 cm³/mol. The molecule has 1 saturated heterocycles. The van der Waals surface area contributed by atoms with Crippen molar-refractivity contribution in [3.8, 4) is 0 Å². The second-order valence-electron chi connectivity index (χ2n) is 6.60. The van der Waals surface area contributed by atoms with Crippen LogP contribution in [0.5, 0.6) is 0 Å².